The highest BCUT2D eigenvalue weighted by atomic mass is 35.5. The third kappa shape index (κ3) is 3.68. The van der Waals surface area contributed by atoms with E-state index in [1.165, 1.54) is 0 Å². The molecule has 0 spiro atoms. The smallest absolute Gasteiger partial charge is 0.322 e. The lowest BCUT2D eigenvalue weighted by Crippen LogP contribution is -2.21. The van der Waals surface area contributed by atoms with Crippen molar-refractivity contribution in [2.75, 3.05) is 37.8 Å². The highest BCUT2D eigenvalue weighted by molar-refractivity contribution is 6.28. The number of halogens is 1. The molecule has 1 saturated heterocycles. The van der Waals surface area contributed by atoms with Crippen LogP contribution in [-0.2, 0) is 4.74 Å². The van der Waals surface area contributed by atoms with Crippen LogP contribution in [0.1, 0.15) is 19.8 Å². The third-order valence-electron chi connectivity index (χ3n) is 2.63. The van der Waals surface area contributed by atoms with E-state index in [1.54, 1.807) is 0 Å². The molecule has 1 aliphatic rings. The van der Waals surface area contributed by atoms with Gasteiger partial charge in [-0.2, -0.15) is 15.0 Å². The maximum Gasteiger partial charge on any atom is 0.322 e. The summed E-state index contributed by atoms with van der Waals surface area (Å²) in [4.78, 5) is 14.4. The lowest BCUT2D eigenvalue weighted by Gasteiger charge is -2.15. The summed E-state index contributed by atoms with van der Waals surface area (Å²) in [7, 11) is 0. The van der Waals surface area contributed by atoms with Crippen LogP contribution in [0.2, 0.25) is 5.28 Å². The zero-order valence-corrected chi connectivity index (χ0v) is 11.2. The monoisotopic (exact) mass is 272 g/mol. The first-order valence-corrected chi connectivity index (χ1v) is 6.54. The Bertz CT molecular complexity index is 385. The quantitative estimate of drug-likeness (QED) is 0.732. The van der Waals surface area contributed by atoms with Crippen molar-refractivity contribution in [1.29, 1.82) is 0 Å². The van der Waals surface area contributed by atoms with E-state index >= 15 is 0 Å². The first kappa shape index (κ1) is 13.3. The summed E-state index contributed by atoms with van der Waals surface area (Å²) in [6.07, 6.45) is 2.31. The lowest BCUT2D eigenvalue weighted by atomic mass is 10.4. The van der Waals surface area contributed by atoms with Gasteiger partial charge in [0.15, 0.2) is 0 Å². The van der Waals surface area contributed by atoms with Crippen molar-refractivity contribution in [3.8, 4) is 6.01 Å². The van der Waals surface area contributed by atoms with Gasteiger partial charge in [0, 0.05) is 19.7 Å². The molecule has 1 fully saturated rings. The Balaban J connectivity index is 1.97. The van der Waals surface area contributed by atoms with Crippen molar-refractivity contribution in [1.82, 2.24) is 15.0 Å². The first-order chi connectivity index (χ1) is 8.79. The summed E-state index contributed by atoms with van der Waals surface area (Å²) < 4.78 is 10.6. The van der Waals surface area contributed by atoms with E-state index < -0.39 is 0 Å². The Kier molecular flexibility index (Phi) is 4.95. The molecule has 7 heteroatoms. The van der Waals surface area contributed by atoms with Crippen LogP contribution >= 0.6 is 11.6 Å². The molecule has 0 radical (unpaired) electrons. The molecule has 6 nitrogen and oxygen atoms in total. The predicted molar refractivity (Wildman–Crippen MR) is 68.3 cm³/mol. The molecule has 0 saturated carbocycles. The number of ether oxygens (including phenoxy) is 2. The second-order valence-corrected chi connectivity index (χ2v) is 4.26. The van der Waals surface area contributed by atoms with Gasteiger partial charge in [0.05, 0.1) is 6.61 Å². The van der Waals surface area contributed by atoms with Gasteiger partial charge in [0.25, 0.3) is 0 Å². The molecule has 0 aliphatic carbocycles. The van der Waals surface area contributed by atoms with E-state index in [0.717, 1.165) is 25.9 Å². The Labute approximate surface area is 111 Å². The highest BCUT2D eigenvalue weighted by Crippen LogP contribution is 2.19. The molecule has 100 valence electrons. The Hall–Kier alpha value is -1.14. The Morgan fingerprint density at radius 2 is 1.94 bits per heavy atom. The van der Waals surface area contributed by atoms with Crippen molar-refractivity contribution in [3.05, 3.63) is 5.28 Å². The molecule has 2 heterocycles. The maximum absolute atomic E-state index is 5.87. The summed E-state index contributed by atoms with van der Waals surface area (Å²) in [5, 5.41) is 0.165. The molecule has 2 rings (SSSR count). The van der Waals surface area contributed by atoms with Gasteiger partial charge in [0.1, 0.15) is 6.61 Å². The average Bonchev–Trinajstić information content (AvgIpc) is 2.88. The van der Waals surface area contributed by atoms with Gasteiger partial charge in [-0.05, 0) is 31.4 Å². The molecule has 1 aromatic heterocycles. The zero-order valence-electron chi connectivity index (χ0n) is 10.4. The fraction of sp³-hybridized carbons (Fsp3) is 0.727. The van der Waals surface area contributed by atoms with E-state index in [9.17, 15) is 0 Å². The lowest BCUT2D eigenvalue weighted by molar-refractivity contribution is 0.106. The van der Waals surface area contributed by atoms with Gasteiger partial charge < -0.3 is 14.4 Å². The van der Waals surface area contributed by atoms with Crippen LogP contribution in [-0.4, -0.2) is 47.9 Å². The predicted octanol–water partition coefficient (Wildman–Crippen LogP) is 1.54. The topological polar surface area (TPSA) is 60.4 Å². The molecule has 0 bridgehead atoms. The van der Waals surface area contributed by atoms with Crippen LogP contribution in [0.15, 0.2) is 0 Å². The molecule has 0 N–H and O–H groups in total. The SMILES string of the molecule is CCOCCOc1nc(Cl)nc(N2CCCC2)n1. The molecule has 18 heavy (non-hydrogen) atoms. The van der Waals surface area contributed by atoms with Gasteiger partial charge >= 0.3 is 6.01 Å². The summed E-state index contributed by atoms with van der Waals surface area (Å²) in [6.45, 7) is 5.44. The van der Waals surface area contributed by atoms with Crippen molar-refractivity contribution in [2.45, 2.75) is 19.8 Å². The molecular weight excluding hydrogens is 256 g/mol. The second kappa shape index (κ2) is 6.70. The van der Waals surface area contributed by atoms with Crippen molar-refractivity contribution >= 4 is 17.5 Å². The summed E-state index contributed by atoms with van der Waals surface area (Å²) in [5.41, 5.74) is 0. The largest absolute Gasteiger partial charge is 0.461 e. The van der Waals surface area contributed by atoms with Crippen LogP contribution in [0.5, 0.6) is 6.01 Å². The van der Waals surface area contributed by atoms with Gasteiger partial charge in [-0.15, -0.1) is 0 Å². The Morgan fingerprint density at radius 3 is 2.67 bits per heavy atom. The zero-order chi connectivity index (χ0) is 12.8. The minimum Gasteiger partial charge on any atom is -0.461 e. The first-order valence-electron chi connectivity index (χ1n) is 6.16. The van der Waals surface area contributed by atoms with Gasteiger partial charge in [-0.3, -0.25) is 0 Å². The van der Waals surface area contributed by atoms with Gasteiger partial charge in [-0.1, -0.05) is 0 Å². The number of rotatable bonds is 6. The fourth-order valence-corrected chi connectivity index (χ4v) is 1.93. The van der Waals surface area contributed by atoms with Gasteiger partial charge in [-0.25, -0.2) is 0 Å². The van der Waals surface area contributed by atoms with E-state index in [2.05, 4.69) is 19.9 Å². The summed E-state index contributed by atoms with van der Waals surface area (Å²) >= 11 is 5.87. The Morgan fingerprint density at radius 1 is 1.17 bits per heavy atom. The molecule has 0 amide bonds. The van der Waals surface area contributed by atoms with E-state index in [-0.39, 0.29) is 11.3 Å². The number of anilines is 1. The van der Waals surface area contributed by atoms with Crippen molar-refractivity contribution < 1.29 is 9.47 Å². The van der Waals surface area contributed by atoms with Crippen LogP contribution in [0, 0.1) is 0 Å². The minimum absolute atomic E-state index is 0.165. The molecule has 0 unspecified atom stereocenters. The van der Waals surface area contributed by atoms with Crippen LogP contribution in [0.25, 0.3) is 0 Å². The van der Waals surface area contributed by atoms with E-state index in [0.29, 0.717) is 25.8 Å². The van der Waals surface area contributed by atoms with Crippen molar-refractivity contribution in [2.24, 2.45) is 0 Å². The molecular formula is C11H17ClN4O2. The van der Waals surface area contributed by atoms with Gasteiger partial charge in [0.2, 0.25) is 11.2 Å². The summed E-state index contributed by atoms with van der Waals surface area (Å²) in [6, 6.07) is 0.261. The summed E-state index contributed by atoms with van der Waals surface area (Å²) in [5.74, 6) is 0.596. The highest BCUT2D eigenvalue weighted by Gasteiger charge is 2.17. The van der Waals surface area contributed by atoms with Crippen LogP contribution < -0.4 is 9.64 Å². The van der Waals surface area contributed by atoms with E-state index in [1.807, 2.05) is 6.92 Å². The molecule has 1 aromatic rings. The standard InChI is InChI=1S/C11H17ClN4O2/c1-2-17-7-8-18-11-14-9(12)13-10(15-11)16-5-3-4-6-16/h2-8H2,1H3. The molecule has 0 atom stereocenters. The van der Waals surface area contributed by atoms with E-state index in [4.69, 9.17) is 21.1 Å². The average molecular weight is 273 g/mol. The number of hydrogen-bond acceptors (Lipinski definition) is 6. The number of aromatic nitrogens is 3. The van der Waals surface area contributed by atoms with Crippen LogP contribution in [0.4, 0.5) is 5.95 Å². The molecule has 1 aliphatic heterocycles. The normalized spacial score (nSPS) is 15.1. The second-order valence-electron chi connectivity index (χ2n) is 3.93. The third-order valence-corrected chi connectivity index (χ3v) is 2.80. The number of nitrogens with zero attached hydrogens (tertiary/aromatic N) is 4. The molecule has 0 aromatic carbocycles. The fourth-order valence-electron chi connectivity index (χ4n) is 1.78. The minimum atomic E-state index is 0.165. The maximum atomic E-state index is 5.87. The van der Waals surface area contributed by atoms with Crippen LogP contribution in [0.3, 0.4) is 0 Å². The van der Waals surface area contributed by atoms with Crippen molar-refractivity contribution in [3.63, 3.8) is 0 Å². The number of hydrogen-bond donors (Lipinski definition) is 0.